The van der Waals surface area contributed by atoms with Crippen molar-refractivity contribution in [3.63, 3.8) is 0 Å². The first-order chi connectivity index (χ1) is 14.7. The van der Waals surface area contributed by atoms with Gasteiger partial charge in [-0.1, -0.05) is 0 Å². The maximum atomic E-state index is 12.9. The number of fused-ring (bicyclic) bond motifs is 1. The van der Waals surface area contributed by atoms with Crippen molar-refractivity contribution in [3.8, 4) is 5.75 Å². The van der Waals surface area contributed by atoms with Crippen LogP contribution < -0.4 is 15.6 Å². The third-order valence-corrected chi connectivity index (χ3v) is 5.76. The number of aliphatic hydroxyl groups is 1. The van der Waals surface area contributed by atoms with Crippen molar-refractivity contribution in [2.75, 3.05) is 12.4 Å². The number of hydrogen-bond donors (Lipinski definition) is 2. The van der Waals surface area contributed by atoms with Crippen molar-refractivity contribution in [2.45, 2.75) is 57.6 Å². The molecule has 0 bridgehead atoms. The van der Waals surface area contributed by atoms with E-state index in [4.69, 9.17) is 4.74 Å². The fraction of sp³-hybridized carbons (Fsp3) is 0.435. The minimum Gasteiger partial charge on any atom is -0.493 e. The summed E-state index contributed by atoms with van der Waals surface area (Å²) < 4.78 is 8.77. The summed E-state index contributed by atoms with van der Waals surface area (Å²) in [5.41, 5.74) is 1.14. The lowest BCUT2D eigenvalue weighted by molar-refractivity contribution is 0.0711. The first kappa shape index (κ1) is 21.1. The summed E-state index contributed by atoms with van der Waals surface area (Å²) in [6.07, 6.45) is 7.68. The van der Waals surface area contributed by atoms with Gasteiger partial charge in [0.1, 0.15) is 5.56 Å². The number of pyridine rings is 2. The smallest absolute Gasteiger partial charge is 0.263 e. The Morgan fingerprint density at radius 2 is 2.13 bits per heavy atom. The molecule has 164 valence electrons. The van der Waals surface area contributed by atoms with Gasteiger partial charge in [-0.3, -0.25) is 9.59 Å². The standard InChI is InChI=1S/C23H28N4O4/c1-23(2,30)10-9-15-12-17-13-19(20(31-3)14-27(17)25-15)24-21(28)18-8-5-11-26(22(18)29)16-6-4-7-16/h5,8,11-14,16,30H,4,6-7,9-10H2,1-3H3,(H,24,28). The van der Waals surface area contributed by atoms with Crippen LogP contribution in [0.3, 0.4) is 0 Å². The number of anilines is 1. The Morgan fingerprint density at radius 3 is 2.77 bits per heavy atom. The van der Waals surface area contributed by atoms with Gasteiger partial charge in [0.2, 0.25) is 0 Å². The summed E-state index contributed by atoms with van der Waals surface area (Å²) in [5.74, 6) is -0.0312. The molecule has 0 radical (unpaired) electrons. The Kier molecular flexibility index (Phi) is 5.58. The molecule has 0 spiro atoms. The molecule has 0 unspecified atom stereocenters. The van der Waals surface area contributed by atoms with Crippen molar-refractivity contribution in [3.05, 3.63) is 58.3 Å². The highest BCUT2D eigenvalue weighted by molar-refractivity contribution is 6.05. The van der Waals surface area contributed by atoms with E-state index in [0.717, 1.165) is 30.5 Å². The van der Waals surface area contributed by atoms with E-state index in [1.807, 2.05) is 6.07 Å². The fourth-order valence-corrected chi connectivity index (χ4v) is 3.71. The van der Waals surface area contributed by atoms with Crippen LogP contribution in [0, 0.1) is 0 Å². The van der Waals surface area contributed by atoms with E-state index < -0.39 is 11.5 Å². The van der Waals surface area contributed by atoms with Crippen LogP contribution in [-0.4, -0.2) is 37.9 Å². The highest BCUT2D eigenvalue weighted by Crippen LogP contribution is 2.30. The van der Waals surface area contributed by atoms with Crippen LogP contribution in [0.15, 0.2) is 41.5 Å². The number of carbonyl (C=O) groups is 1. The monoisotopic (exact) mass is 424 g/mol. The average molecular weight is 425 g/mol. The summed E-state index contributed by atoms with van der Waals surface area (Å²) in [5, 5.41) is 17.3. The van der Waals surface area contributed by atoms with E-state index >= 15 is 0 Å². The largest absolute Gasteiger partial charge is 0.493 e. The van der Waals surface area contributed by atoms with E-state index in [1.54, 1.807) is 53.5 Å². The molecule has 1 amide bonds. The Bertz CT molecular complexity index is 1170. The highest BCUT2D eigenvalue weighted by atomic mass is 16.5. The summed E-state index contributed by atoms with van der Waals surface area (Å²) in [6.45, 7) is 3.53. The van der Waals surface area contributed by atoms with Crippen molar-refractivity contribution < 1.29 is 14.6 Å². The van der Waals surface area contributed by atoms with Crippen molar-refractivity contribution >= 4 is 17.1 Å². The van der Waals surface area contributed by atoms with Crippen LogP contribution in [0.2, 0.25) is 0 Å². The molecule has 8 heteroatoms. The van der Waals surface area contributed by atoms with Gasteiger partial charge >= 0.3 is 0 Å². The van der Waals surface area contributed by atoms with Crippen LogP contribution in [0.4, 0.5) is 5.69 Å². The molecule has 0 atom stereocenters. The van der Waals surface area contributed by atoms with Crippen LogP contribution in [0.5, 0.6) is 5.75 Å². The lowest BCUT2D eigenvalue weighted by Crippen LogP contribution is -2.33. The quantitative estimate of drug-likeness (QED) is 0.607. The van der Waals surface area contributed by atoms with E-state index in [2.05, 4.69) is 10.4 Å². The number of rotatable bonds is 7. The second kappa shape index (κ2) is 8.19. The number of ether oxygens (including phenoxy) is 1. The van der Waals surface area contributed by atoms with Crippen LogP contribution in [0.1, 0.15) is 61.6 Å². The average Bonchev–Trinajstić information content (AvgIpc) is 3.07. The molecular weight excluding hydrogens is 396 g/mol. The Balaban J connectivity index is 1.60. The van der Waals surface area contributed by atoms with Crippen LogP contribution >= 0.6 is 0 Å². The molecule has 4 rings (SSSR count). The van der Waals surface area contributed by atoms with Crippen molar-refractivity contribution in [1.29, 1.82) is 0 Å². The number of nitrogens with one attached hydrogen (secondary N) is 1. The Morgan fingerprint density at radius 1 is 1.35 bits per heavy atom. The van der Waals surface area contributed by atoms with E-state index in [0.29, 0.717) is 24.3 Å². The summed E-state index contributed by atoms with van der Waals surface area (Å²) in [7, 11) is 1.52. The molecule has 1 fully saturated rings. The third kappa shape index (κ3) is 4.49. The molecule has 1 saturated carbocycles. The summed E-state index contributed by atoms with van der Waals surface area (Å²) in [6, 6.07) is 7.14. The topological polar surface area (TPSA) is 97.9 Å². The van der Waals surface area contributed by atoms with Crippen molar-refractivity contribution in [2.24, 2.45) is 0 Å². The van der Waals surface area contributed by atoms with E-state index in [-0.39, 0.29) is 17.2 Å². The molecule has 3 heterocycles. The highest BCUT2D eigenvalue weighted by Gasteiger charge is 2.23. The van der Waals surface area contributed by atoms with Gasteiger partial charge in [0.05, 0.1) is 35.8 Å². The molecule has 1 aliphatic carbocycles. The number of nitrogens with zero attached hydrogens (tertiary/aromatic N) is 3. The predicted molar refractivity (Wildman–Crippen MR) is 118 cm³/mol. The molecular formula is C23H28N4O4. The second-order valence-electron chi connectivity index (χ2n) is 8.75. The molecule has 8 nitrogen and oxygen atoms in total. The number of amides is 1. The molecule has 3 aromatic heterocycles. The number of hydrogen-bond acceptors (Lipinski definition) is 5. The number of methoxy groups -OCH3 is 1. The normalized spacial score (nSPS) is 14.5. The van der Waals surface area contributed by atoms with Crippen LogP contribution in [-0.2, 0) is 6.42 Å². The number of carbonyl (C=O) groups excluding carboxylic acids is 1. The predicted octanol–water partition coefficient (Wildman–Crippen LogP) is 3.19. The molecule has 0 saturated heterocycles. The van der Waals surface area contributed by atoms with E-state index in [1.165, 1.54) is 7.11 Å². The maximum absolute atomic E-state index is 12.9. The molecule has 0 aromatic carbocycles. The lowest BCUT2D eigenvalue weighted by Gasteiger charge is -2.27. The van der Waals surface area contributed by atoms with Gasteiger partial charge in [-0.25, -0.2) is 4.52 Å². The van der Waals surface area contributed by atoms with Gasteiger partial charge in [-0.2, -0.15) is 5.10 Å². The molecule has 3 aromatic rings. The first-order valence-electron chi connectivity index (χ1n) is 10.6. The first-order valence-corrected chi connectivity index (χ1v) is 10.6. The van der Waals surface area contributed by atoms with Gasteiger partial charge in [0, 0.05) is 12.2 Å². The zero-order valence-electron chi connectivity index (χ0n) is 18.1. The molecule has 2 N–H and O–H groups in total. The molecule has 1 aliphatic rings. The maximum Gasteiger partial charge on any atom is 0.263 e. The Labute approximate surface area is 180 Å². The lowest BCUT2D eigenvalue weighted by atomic mass is 9.92. The van der Waals surface area contributed by atoms with Gasteiger partial charge in [-0.05, 0) is 70.2 Å². The van der Waals surface area contributed by atoms with Crippen molar-refractivity contribution in [1.82, 2.24) is 14.2 Å². The zero-order chi connectivity index (χ0) is 22.2. The zero-order valence-corrected chi connectivity index (χ0v) is 18.1. The van der Waals surface area contributed by atoms with Gasteiger partial charge < -0.3 is 19.7 Å². The van der Waals surface area contributed by atoms with Gasteiger partial charge in [-0.15, -0.1) is 0 Å². The van der Waals surface area contributed by atoms with E-state index in [9.17, 15) is 14.7 Å². The SMILES string of the molecule is COc1cn2nc(CCC(C)(C)O)cc2cc1NC(=O)c1cccn(C2CCC2)c1=O. The second-order valence-corrected chi connectivity index (χ2v) is 8.75. The number of aryl methyl sites for hydroxylation is 1. The minimum atomic E-state index is -0.769. The van der Waals surface area contributed by atoms with Crippen LogP contribution in [0.25, 0.3) is 5.52 Å². The minimum absolute atomic E-state index is 0.107. The summed E-state index contributed by atoms with van der Waals surface area (Å²) >= 11 is 0. The Hall–Kier alpha value is -3.13. The molecule has 31 heavy (non-hydrogen) atoms. The number of aromatic nitrogens is 3. The van der Waals surface area contributed by atoms with Gasteiger partial charge in [0.15, 0.2) is 5.75 Å². The third-order valence-electron chi connectivity index (χ3n) is 5.76. The summed E-state index contributed by atoms with van der Waals surface area (Å²) in [4.78, 5) is 25.7. The molecule has 0 aliphatic heterocycles. The van der Waals surface area contributed by atoms with Gasteiger partial charge in [0.25, 0.3) is 11.5 Å². The fourth-order valence-electron chi connectivity index (χ4n) is 3.71.